The summed E-state index contributed by atoms with van der Waals surface area (Å²) in [5, 5.41) is 23.6. The van der Waals surface area contributed by atoms with E-state index in [0.717, 1.165) is 31.4 Å². The van der Waals surface area contributed by atoms with E-state index in [4.69, 9.17) is 0 Å². The van der Waals surface area contributed by atoms with Gasteiger partial charge in [0, 0.05) is 25.2 Å². The number of aliphatic hydroxyl groups is 1. The molecule has 0 saturated carbocycles. The van der Waals surface area contributed by atoms with Crippen LogP contribution in [0.5, 0.6) is 0 Å². The predicted octanol–water partition coefficient (Wildman–Crippen LogP) is 2.37. The number of nitrogens with zero attached hydrogens (tertiary/aromatic N) is 2. The first-order valence-corrected chi connectivity index (χ1v) is 7.51. The maximum atomic E-state index is 11.2. The molecule has 2 rings (SSSR count). The van der Waals surface area contributed by atoms with E-state index in [2.05, 4.69) is 10.2 Å². The molecule has 0 aliphatic carbocycles. The maximum Gasteiger partial charge on any atom is 0.292 e. The summed E-state index contributed by atoms with van der Waals surface area (Å²) in [6, 6.07) is 5.51. The number of anilines is 1. The van der Waals surface area contributed by atoms with Crippen molar-refractivity contribution in [3.8, 4) is 0 Å². The van der Waals surface area contributed by atoms with Gasteiger partial charge in [-0.15, -0.1) is 0 Å². The maximum absolute atomic E-state index is 11.2. The Labute approximate surface area is 124 Å². The average molecular weight is 293 g/mol. The van der Waals surface area contributed by atoms with Crippen LogP contribution < -0.4 is 5.32 Å². The van der Waals surface area contributed by atoms with Crippen LogP contribution in [0.1, 0.15) is 31.7 Å². The van der Waals surface area contributed by atoms with E-state index in [1.165, 1.54) is 0 Å². The van der Waals surface area contributed by atoms with Crippen molar-refractivity contribution >= 4 is 11.4 Å². The fraction of sp³-hybridized carbons (Fsp3) is 0.600. The van der Waals surface area contributed by atoms with Crippen LogP contribution in [0.2, 0.25) is 0 Å². The number of hydrogen-bond donors (Lipinski definition) is 2. The Morgan fingerprint density at radius 3 is 2.95 bits per heavy atom. The largest absolute Gasteiger partial charge is 0.395 e. The van der Waals surface area contributed by atoms with Crippen LogP contribution in [-0.4, -0.2) is 40.7 Å². The number of benzene rings is 1. The van der Waals surface area contributed by atoms with Gasteiger partial charge in [0.2, 0.25) is 0 Å². The number of hydrogen-bond acceptors (Lipinski definition) is 5. The van der Waals surface area contributed by atoms with E-state index in [9.17, 15) is 15.2 Å². The van der Waals surface area contributed by atoms with Crippen LogP contribution in [0.3, 0.4) is 0 Å². The van der Waals surface area contributed by atoms with Gasteiger partial charge in [-0.25, -0.2) is 0 Å². The third-order valence-corrected chi connectivity index (χ3v) is 3.97. The number of nitro benzene ring substituents is 1. The topological polar surface area (TPSA) is 78.6 Å². The Kier molecular flexibility index (Phi) is 5.52. The van der Waals surface area contributed by atoms with Crippen molar-refractivity contribution in [3.63, 3.8) is 0 Å². The van der Waals surface area contributed by atoms with Crippen molar-refractivity contribution in [3.05, 3.63) is 33.9 Å². The van der Waals surface area contributed by atoms with Gasteiger partial charge in [-0.2, -0.15) is 0 Å². The first-order valence-electron chi connectivity index (χ1n) is 7.51. The lowest BCUT2D eigenvalue weighted by Crippen LogP contribution is -2.41. The first-order chi connectivity index (χ1) is 10.2. The van der Waals surface area contributed by atoms with Crippen LogP contribution in [0.25, 0.3) is 0 Å². The molecule has 0 bridgehead atoms. The zero-order chi connectivity index (χ0) is 15.2. The third-order valence-electron chi connectivity index (χ3n) is 3.97. The molecule has 1 aliphatic rings. The number of likely N-dealkylation sites (tertiary alicyclic amines) is 1. The quantitative estimate of drug-likeness (QED) is 0.622. The fourth-order valence-electron chi connectivity index (χ4n) is 2.88. The molecule has 1 heterocycles. The molecule has 0 amide bonds. The second-order valence-electron chi connectivity index (χ2n) is 5.44. The highest BCUT2D eigenvalue weighted by Crippen LogP contribution is 2.27. The molecule has 0 aromatic heterocycles. The van der Waals surface area contributed by atoms with Crippen molar-refractivity contribution in [1.82, 2.24) is 4.90 Å². The summed E-state index contributed by atoms with van der Waals surface area (Å²) in [6.07, 6.45) is 3.25. The molecule has 6 nitrogen and oxygen atoms in total. The van der Waals surface area contributed by atoms with Crippen molar-refractivity contribution < 1.29 is 10.0 Å². The molecular formula is C15H23N3O3. The summed E-state index contributed by atoms with van der Waals surface area (Å²) in [4.78, 5) is 13.0. The Bertz CT molecular complexity index is 493. The highest BCUT2D eigenvalue weighted by atomic mass is 16.6. The van der Waals surface area contributed by atoms with Gasteiger partial charge >= 0.3 is 0 Å². The van der Waals surface area contributed by atoms with E-state index in [0.29, 0.717) is 18.8 Å². The third kappa shape index (κ3) is 3.92. The molecule has 116 valence electrons. The minimum absolute atomic E-state index is 0.118. The van der Waals surface area contributed by atoms with Crippen molar-refractivity contribution in [1.29, 1.82) is 0 Å². The number of aliphatic hydroxyl groups excluding tert-OH is 1. The average Bonchev–Trinajstić information content (AvgIpc) is 2.49. The normalized spacial score (nSPS) is 19.4. The Balaban J connectivity index is 2.16. The van der Waals surface area contributed by atoms with Crippen LogP contribution in [0.4, 0.5) is 11.4 Å². The zero-order valence-corrected chi connectivity index (χ0v) is 12.4. The summed E-state index contributed by atoms with van der Waals surface area (Å²) in [7, 11) is 0. The van der Waals surface area contributed by atoms with Gasteiger partial charge < -0.3 is 10.4 Å². The van der Waals surface area contributed by atoms with E-state index < -0.39 is 0 Å². The Morgan fingerprint density at radius 2 is 2.29 bits per heavy atom. The van der Waals surface area contributed by atoms with Gasteiger partial charge in [-0.05, 0) is 37.9 Å². The molecule has 1 aliphatic heterocycles. The molecule has 1 unspecified atom stereocenters. The molecule has 1 aromatic rings. The molecule has 2 N–H and O–H groups in total. The molecule has 21 heavy (non-hydrogen) atoms. The standard InChI is InChI=1S/C15H23N3O3/c1-2-16-14-7-6-12(9-15(14)18(20)21)10-17-8-4-3-5-13(17)11-19/h6-7,9,13,16,19H,2-5,8,10-11H2,1H3. The van der Waals surface area contributed by atoms with Crippen LogP contribution in [0, 0.1) is 10.1 Å². The van der Waals surface area contributed by atoms with Crippen molar-refractivity contribution in [2.75, 3.05) is 25.0 Å². The molecule has 0 spiro atoms. The predicted molar refractivity (Wildman–Crippen MR) is 82.4 cm³/mol. The lowest BCUT2D eigenvalue weighted by molar-refractivity contribution is -0.384. The zero-order valence-electron chi connectivity index (χ0n) is 12.4. The smallest absolute Gasteiger partial charge is 0.292 e. The summed E-state index contributed by atoms with van der Waals surface area (Å²) in [5.74, 6) is 0. The molecule has 1 fully saturated rings. The summed E-state index contributed by atoms with van der Waals surface area (Å²) < 4.78 is 0. The lowest BCUT2D eigenvalue weighted by atomic mass is 10.0. The lowest BCUT2D eigenvalue weighted by Gasteiger charge is -2.34. The number of nitro groups is 1. The Morgan fingerprint density at radius 1 is 1.48 bits per heavy atom. The highest BCUT2D eigenvalue weighted by molar-refractivity contribution is 5.62. The summed E-state index contributed by atoms with van der Waals surface area (Å²) in [6.45, 7) is 4.31. The molecule has 0 radical (unpaired) electrons. The van der Waals surface area contributed by atoms with E-state index >= 15 is 0 Å². The van der Waals surface area contributed by atoms with Crippen molar-refractivity contribution in [2.24, 2.45) is 0 Å². The summed E-state index contributed by atoms with van der Waals surface area (Å²) >= 11 is 0. The molecule has 1 saturated heterocycles. The second kappa shape index (κ2) is 7.38. The van der Waals surface area contributed by atoms with Gasteiger partial charge in [0.05, 0.1) is 11.5 Å². The SMILES string of the molecule is CCNc1ccc(CN2CCCCC2CO)cc1[N+](=O)[O-]. The highest BCUT2D eigenvalue weighted by Gasteiger charge is 2.22. The minimum Gasteiger partial charge on any atom is -0.395 e. The van der Waals surface area contributed by atoms with E-state index in [1.807, 2.05) is 13.0 Å². The van der Waals surface area contributed by atoms with Gasteiger partial charge in [-0.3, -0.25) is 15.0 Å². The molecular weight excluding hydrogens is 270 g/mol. The van der Waals surface area contributed by atoms with Crippen molar-refractivity contribution in [2.45, 2.75) is 38.8 Å². The second-order valence-corrected chi connectivity index (χ2v) is 5.44. The minimum atomic E-state index is -0.346. The van der Waals surface area contributed by atoms with Gasteiger partial charge in [0.1, 0.15) is 5.69 Å². The number of nitrogens with one attached hydrogen (secondary N) is 1. The van der Waals surface area contributed by atoms with Crippen LogP contribution >= 0.6 is 0 Å². The molecule has 1 aromatic carbocycles. The van der Waals surface area contributed by atoms with Gasteiger partial charge in [0.25, 0.3) is 5.69 Å². The summed E-state index contributed by atoms with van der Waals surface area (Å²) in [5.41, 5.74) is 1.60. The van der Waals surface area contributed by atoms with Gasteiger partial charge in [-0.1, -0.05) is 12.5 Å². The fourth-order valence-corrected chi connectivity index (χ4v) is 2.88. The van der Waals surface area contributed by atoms with Crippen LogP contribution in [-0.2, 0) is 6.54 Å². The van der Waals surface area contributed by atoms with Gasteiger partial charge in [0.15, 0.2) is 0 Å². The molecule has 6 heteroatoms. The number of piperidine rings is 1. The molecule has 1 atom stereocenters. The van der Waals surface area contributed by atoms with E-state index in [-0.39, 0.29) is 23.3 Å². The monoisotopic (exact) mass is 293 g/mol. The first kappa shape index (κ1) is 15.7. The van der Waals surface area contributed by atoms with Crippen LogP contribution in [0.15, 0.2) is 18.2 Å². The Hall–Kier alpha value is -1.66. The number of rotatable bonds is 6. The van der Waals surface area contributed by atoms with E-state index in [1.54, 1.807) is 12.1 Å².